The molecule has 0 fully saturated rings. The number of hydrogen-bond acceptors (Lipinski definition) is 3. The first kappa shape index (κ1) is 18.4. The summed E-state index contributed by atoms with van der Waals surface area (Å²) in [7, 11) is 0. The van der Waals surface area contributed by atoms with Gasteiger partial charge in [-0.15, -0.1) is 0 Å². The number of halogens is 4. The van der Waals surface area contributed by atoms with Crippen LogP contribution < -0.4 is 10.5 Å². The van der Waals surface area contributed by atoms with E-state index in [-0.39, 0.29) is 41.4 Å². The van der Waals surface area contributed by atoms with E-state index < -0.39 is 17.7 Å². The molecule has 130 valence electrons. The molecule has 0 heterocycles. The lowest BCUT2D eigenvalue weighted by Crippen LogP contribution is -2.10. The number of benzene rings is 1. The van der Waals surface area contributed by atoms with Crippen LogP contribution in [0.3, 0.4) is 0 Å². The van der Waals surface area contributed by atoms with Crippen LogP contribution in [0.15, 0.2) is 35.5 Å². The molecule has 2 rings (SSSR count). The molecule has 24 heavy (non-hydrogen) atoms. The molecule has 3 nitrogen and oxygen atoms in total. The Morgan fingerprint density at radius 2 is 2.08 bits per heavy atom. The van der Waals surface area contributed by atoms with Gasteiger partial charge in [0.1, 0.15) is 5.75 Å². The molecule has 0 bridgehead atoms. The summed E-state index contributed by atoms with van der Waals surface area (Å²) < 4.78 is 44.7. The summed E-state index contributed by atoms with van der Waals surface area (Å²) in [6.45, 7) is 2.12. The molecule has 1 atom stereocenters. The van der Waals surface area contributed by atoms with Crippen molar-refractivity contribution < 1.29 is 22.7 Å². The highest BCUT2D eigenvalue weighted by molar-refractivity contribution is 6.27. The molecule has 7 heteroatoms. The summed E-state index contributed by atoms with van der Waals surface area (Å²) in [6.07, 6.45) is -2.19. The number of nitrogens with two attached hydrogens (primary N) is 1. The van der Waals surface area contributed by atoms with Crippen molar-refractivity contribution in [1.29, 1.82) is 0 Å². The first-order valence-electron chi connectivity index (χ1n) is 7.43. The summed E-state index contributed by atoms with van der Waals surface area (Å²) >= 11 is 5.49. The van der Waals surface area contributed by atoms with Gasteiger partial charge in [0.25, 0.3) is 0 Å². The Hall–Kier alpha value is -1.95. The van der Waals surface area contributed by atoms with Gasteiger partial charge < -0.3 is 10.5 Å². The Balaban J connectivity index is 2.49. The molecule has 0 spiro atoms. The third kappa shape index (κ3) is 3.93. The topological polar surface area (TPSA) is 52.3 Å². The van der Waals surface area contributed by atoms with Crippen molar-refractivity contribution in [3.63, 3.8) is 0 Å². The van der Waals surface area contributed by atoms with Gasteiger partial charge in [0.15, 0.2) is 5.78 Å². The molecule has 0 saturated carbocycles. The molecule has 2 N–H and O–H groups in total. The quantitative estimate of drug-likeness (QED) is 0.841. The van der Waals surface area contributed by atoms with Crippen LogP contribution in [0.4, 0.5) is 13.2 Å². The van der Waals surface area contributed by atoms with Gasteiger partial charge in [-0.25, -0.2) is 0 Å². The van der Waals surface area contributed by atoms with E-state index >= 15 is 0 Å². The van der Waals surface area contributed by atoms with Gasteiger partial charge >= 0.3 is 6.18 Å². The maximum Gasteiger partial charge on any atom is 0.416 e. The highest BCUT2D eigenvalue weighted by Crippen LogP contribution is 2.38. The van der Waals surface area contributed by atoms with E-state index in [9.17, 15) is 18.0 Å². The number of ether oxygens (including phenoxy) is 1. The first-order valence-corrected chi connectivity index (χ1v) is 7.86. The molecule has 0 aliphatic heterocycles. The lowest BCUT2D eigenvalue weighted by atomic mass is 9.97. The van der Waals surface area contributed by atoms with Gasteiger partial charge in [0, 0.05) is 29.1 Å². The van der Waals surface area contributed by atoms with Crippen molar-refractivity contribution in [2.24, 2.45) is 11.7 Å². The van der Waals surface area contributed by atoms with Gasteiger partial charge in [-0.1, -0.05) is 24.6 Å². The zero-order valence-corrected chi connectivity index (χ0v) is 13.7. The Labute approximate surface area is 142 Å². The molecule has 1 aromatic carbocycles. The lowest BCUT2D eigenvalue weighted by molar-refractivity contribution is -0.137. The maximum atomic E-state index is 13.1. The number of hydrogen-bond donors (Lipinski definition) is 1. The molecule has 1 aliphatic rings. The van der Waals surface area contributed by atoms with Crippen molar-refractivity contribution in [2.75, 3.05) is 6.61 Å². The first-order chi connectivity index (χ1) is 11.3. The Morgan fingerprint density at radius 1 is 1.38 bits per heavy atom. The van der Waals surface area contributed by atoms with Gasteiger partial charge in [0.05, 0.1) is 12.2 Å². The summed E-state index contributed by atoms with van der Waals surface area (Å²) in [5, 5.41) is 0. The van der Waals surface area contributed by atoms with E-state index in [1.165, 1.54) is 17.7 Å². The second-order valence-electron chi connectivity index (χ2n) is 5.49. The minimum absolute atomic E-state index is 0.0612. The molecule has 1 aromatic rings. The maximum absolute atomic E-state index is 13.1. The third-order valence-electron chi connectivity index (χ3n) is 3.64. The molecular weight excluding hydrogens is 343 g/mol. The minimum atomic E-state index is -4.55. The predicted octanol–water partition coefficient (Wildman–Crippen LogP) is 4.51. The highest BCUT2D eigenvalue weighted by atomic mass is 35.5. The van der Waals surface area contributed by atoms with E-state index in [0.717, 1.165) is 12.1 Å². The second-order valence-corrected chi connectivity index (χ2v) is 5.74. The van der Waals surface area contributed by atoms with E-state index in [0.29, 0.717) is 6.42 Å². The fourth-order valence-electron chi connectivity index (χ4n) is 2.56. The van der Waals surface area contributed by atoms with Crippen molar-refractivity contribution in [3.8, 4) is 5.75 Å². The smallest absolute Gasteiger partial charge is 0.416 e. The standard InChI is InChI=1S/C17H17ClF3NO2/c1-2-5-24-13-7-11(6-12(9-13)17(19,20)21)15-14(22)8-10(3-4-18)16(15)23/h3-4,6-7,9-10H,2,5,8,22H2,1H3. The lowest BCUT2D eigenvalue weighted by Gasteiger charge is -2.14. The second kappa shape index (κ2) is 7.30. The number of carbonyl (C=O) groups is 1. The van der Waals surface area contributed by atoms with Gasteiger partial charge in [-0.2, -0.15) is 13.2 Å². The highest BCUT2D eigenvalue weighted by Gasteiger charge is 2.35. The van der Waals surface area contributed by atoms with Crippen LogP contribution >= 0.6 is 11.6 Å². The Bertz CT molecular complexity index is 696. The van der Waals surface area contributed by atoms with Crippen LogP contribution in [0, 0.1) is 5.92 Å². The molecule has 1 unspecified atom stereocenters. The largest absolute Gasteiger partial charge is 0.494 e. The molecule has 0 amide bonds. The van der Waals surface area contributed by atoms with Crippen LogP contribution in [0.1, 0.15) is 30.9 Å². The van der Waals surface area contributed by atoms with Gasteiger partial charge in [-0.05, 0) is 30.2 Å². The van der Waals surface area contributed by atoms with Crippen molar-refractivity contribution in [2.45, 2.75) is 25.9 Å². The minimum Gasteiger partial charge on any atom is -0.494 e. The van der Waals surface area contributed by atoms with E-state index in [1.54, 1.807) is 0 Å². The number of carbonyl (C=O) groups excluding carboxylic acids is 1. The molecule has 1 aliphatic carbocycles. The number of Topliss-reactive ketones (excluding diaryl/α,β-unsaturated/α-hetero) is 1. The van der Waals surface area contributed by atoms with Crippen LogP contribution in [-0.4, -0.2) is 12.4 Å². The zero-order valence-electron chi connectivity index (χ0n) is 13.0. The van der Waals surface area contributed by atoms with Crippen LogP contribution in [0.25, 0.3) is 5.57 Å². The monoisotopic (exact) mass is 359 g/mol. The van der Waals surface area contributed by atoms with Crippen molar-refractivity contribution in [3.05, 3.63) is 46.6 Å². The Kier molecular flexibility index (Phi) is 5.59. The molecule has 0 radical (unpaired) electrons. The van der Waals surface area contributed by atoms with E-state index in [4.69, 9.17) is 22.1 Å². The molecule has 0 saturated heterocycles. The summed E-state index contributed by atoms with van der Waals surface area (Å²) in [5.74, 6) is -0.830. The van der Waals surface area contributed by atoms with Crippen molar-refractivity contribution >= 4 is 23.0 Å². The normalized spacial score (nSPS) is 18.7. The molecular formula is C17H17ClF3NO2. The number of allylic oxidation sites excluding steroid dienone is 3. The average Bonchev–Trinajstić information content (AvgIpc) is 2.78. The number of ketones is 1. The predicted molar refractivity (Wildman–Crippen MR) is 86.4 cm³/mol. The average molecular weight is 360 g/mol. The van der Waals surface area contributed by atoms with E-state index in [1.807, 2.05) is 6.92 Å². The zero-order chi connectivity index (χ0) is 17.9. The summed E-state index contributed by atoms with van der Waals surface area (Å²) in [5.41, 5.74) is 6.69. The van der Waals surface area contributed by atoms with Crippen LogP contribution in [0.5, 0.6) is 5.75 Å². The van der Waals surface area contributed by atoms with Crippen molar-refractivity contribution in [1.82, 2.24) is 0 Å². The SMILES string of the molecule is CCCOc1cc(C2=C(N)CC(C=CCl)C2=O)cc(C(F)(F)F)c1. The fraction of sp³-hybridized carbons (Fsp3) is 0.353. The summed E-state index contributed by atoms with van der Waals surface area (Å²) in [6, 6.07) is 3.26. The number of rotatable bonds is 5. The van der Waals surface area contributed by atoms with Crippen LogP contribution in [-0.2, 0) is 11.0 Å². The van der Waals surface area contributed by atoms with E-state index in [2.05, 4.69) is 0 Å². The fourth-order valence-corrected chi connectivity index (χ4v) is 2.73. The number of alkyl halides is 3. The van der Waals surface area contributed by atoms with Gasteiger partial charge in [0.2, 0.25) is 0 Å². The Morgan fingerprint density at radius 3 is 2.67 bits per heavy atom. The van der Waals surface area contributed by atoms with Gasteiger partial charge in [-0.3, -0.25) is 4.79 Å². The third-order valence-corrected chi connectivity index (χ3v) is 3.79. The molecule has 0 aromatic heterocycles. The van der Waals surface area contributed by atoms with Crippen LogP contribution in [0.2, 0.25) is 0 Å². The summed E-state index contributed by atoms with van der Waals surface area (Å²) in [4.78, 5) is 12.4.